The molecule has 0 radical (unpaired) electrons. The highest BCUT2D eigenvalue weighted by Crippen LogP contribution is 2.23. The van der Waals surface area contributed by atoms with Crippen LogP contribution in [0.15, 0.2) is 45.2 Å². The van der Waals surface area contributed by atoms with Crippen LogP contribution < -0.4 is 10.3 Å². The van der Waals surface area contributed by atoms with E-state index in [1.54, 1.807) is 18.0 Å². The lowest BCUT2D eigenvalue weighted by Gasteiger charge is -2.10. The number of fused-ring (bicyclic) bond motifs is 1. The van der Waals surface area contributed by atoms with Crippen LogP contribution in [0, 0.1) is 0 Å². The summed E-state index contributed by atoms with van der Waals surface area (Å²) in [6.45, 7) is 0.433. The molecule has 1 aromatic carbocycles. The zero-order valence-corrected chi connectivity index (χ0v) is 13.1. The van der Waals surface area contributed by atoms with E-state index in [0.29, 0.717) is 11.2 Å². The molecule has 3 aromatic rings. The van der Waals surface area contributed by atoms with Gasteiger partial charge < -0.3 is 4.74 Å². The maximum atomic E-state index is 12.4. The fourth-order valence-electron chi connectivity index (χ4n) is 2.05. The van der Waals surface area contributed by atoms with Crippen LogP contribution in [0.1, 0.15) is 5.56 Å². The molecule has 0 fully saturated rings. The molecule has 2 heterocycles. The minimum absolute atomic E-state index is 0.0213. The Morgan fingerprint density at radius 3 is 3.05 bits per heavy atom. The first-order valence-electron chi connectivity index (χ1n) is 5.94. The van der Waals surface area contributed by atoms with Gasteiger partial charge in [-0.2, -0.15) is 0 Å². The highest BCUT2D eigenvalue weighted by atomic mass is 79.9. The number of thiophene rings is 1. The van der Waals surface area contributed by atoms with E-state index in [4.69, 9.17) is 4.74 Å². The lowest BCUT2D eigenvalue weighted by molar-refractivity contribution is 0.408. The van der Waals surface area contributed by atoms with Crippen molar-refractivity contribution in [3.05, 3.63) is 56.4 Å². The maximum Gasteiger partial charge on any atom is 0.271 e. The van der Waals surface area contributed by atoms with Crippen molar-refractivity contribution in [3.63, 3.8) is 0 Å². The predicted molar refractivity (Wildman–Crippen MR) is 83.7 cm³/mol. The summed E-state index contributed by atoms with van der Waals surface area (Å²) in [4.78, 5) is 16.7. The largest absolute Gasteiger partial charge is 0.496 e. The Morgan fingerprint density at radius 2 is 2.25 bits per heavy atom. The molecule has 3 rings (SSSR count). The van der Waals surface area contributed by atoms with Gasteiger partial charge in [0.2, 0.25) is 0 Å². The van der Waals surface area contributed by atoms with Gasteiger partial charge >= 0.3 is 0 Å². The Labute approximate surface area is 127 Å². The Kier molecular flexibility index (Phi) is 3.58. The molecule has 0 unspecified atom stereocenters. The molecule has 0 N–H and O–H groups in total. The van der Waals surface area contributed by atoms with E-state index < -0.39 is 0 Å². The van der Waals surface area contributed by atoms with E-state index in [-0.39, 0.29) is 5.56 Å². The zero-order chi connectivity index (χ0) is 14.1. The third-order valence-corrected chi connectivity index (χ3v) is 4.40. The topological polar surface area (TPSA) is 44.1 Å². The van der Waals surface area contributed by atoms with E-state index >= 15 is 0 Å². The molecular weight excluding hydrogens is 340 g/mol. The second kappa shape index (κ2) is 5.38. The standard InChI is InChI=1S/C14H11BrN2O2S/c1-19-12-3-2-10(15)6-9(12)7-17-8-16-11-4-5-20-13(11)14(17)18/h2-6,8H,7H2,1H3. The van der Waals surface area contributed by atoms with Crippen molar-refractivity contribution >= 4 is 37.5 Å². The normalized spacial score (nSPS) is 10.9. The lowest BCUT2D eigenvalue weighted by atomic mass is 10.2. The third-order valence-electron chi connectivity index (χ3n) is 3.02. The number of halogens is 1. The molecule has 0 saturated heterocycles. The van der Waals surface area contributed by atoms with Crippen molar-refractivity contribution in [2.75, 3.05) is 7.11 Å². The molecule has 6 heteroatoms. The van der Waals surface area contributed by atoms with Gasteiger partial charge in [0.15, 0.2) is 0 Å². The fraction of sp³-hybridized carbons (Fsp3) is 0.143. The highest BCUT2D eigenvalue weighted by Gasteiger charge is 2.09. The molecule has 20 heavy (non-hydrogen) atoms. The molecule has 0 amide bonds. The predicted octanol–water partition coefficient (Wildman–Crippen LogP) is 3.28. The minimum Gasteiger partial charge on any atom is -0.496 e. The lowest BCUT2D eigenvalue weighted by Crippen LogP contribution is -2.20. The van der Waals surface area contributed by atoms with E-state index in [1.807, 2.05) is 29.6 Å². The van der Waals surface area contributed by atoms with Gasteiger partial charge in [0.1, 0.15) is 10.4 Å². The van der Waals surface area contributed by atoms with Crippen LogP contribution in [0.4, 0.5) is 0 Å². The number of methoxy groups -OCH3 is 1. The molecule has 102 valence electrons. The number of benzene rings is 1. The maximum absolute atomic E-state index is 12.4. The van der Waals surface area contributed by atoms with Gasteiger partial charge in [-0.25, -0.2) is 4.98 Å². The van der Waals surface area contributed by atoms with Gasteiger partial charge in [0.05, 0.1) is 25.5 Å². The number of aromatic nitrogens is 2. The zero-order valence-electron chi connectivity index (χ0n) is 10.7. The first-order chi connectivity index (χ1) is 9.69. The van der Waals surface area contributed by atoms with E-state index in [0.717, 1.165) is 21.3 Å². The van der Waals surface area contributed by atoms with Crippen molar-refractivity contribution in [3.8, 4) is 5.75 Å². The Balaban J connectivity index is 2.07. The summed E-state index contributed by atoms with van der Waals surface area (Å²) >= 11 is 4.85. The Hall–Kier alpha value is -1.66. The van der Waals surface area contributed by atoms with Crippen molar-refractivity contribution in [1.29, 1.82) is 0 Å². The van der Waals surface area contributed by atoms with Gasteiger partial charge in [-0.15, -0.1) is 11.3 Å². The monoisotopic (exact) mass is 350 g/mol. The quantitative estimate of drug-likeness (QED) is 0.728. The van der Waals surface area contributed by atoms with Crippen LogP contribution in [0.5, 0.6) is 5.75 Å². The summed E-state index contributed by atoms with van der Waals surface area (Å²) in [7, 11) is 1.62. The molecule has 0 aliphatic rings. The van der Waals surface area contributed by atoms with Crippen LogP contribution in [0.2, 0.25) is 0 Å². The number of ether oxygens (including phenoxy) is 1. The van der Waals surface area contributed by atoms with E-state index in [9.17, 15) is 4.79 Å². The summed E-state index contributed by atoms with van der Waals surface area (Å²) in [6.07, 6.45) is 1.58. The van der Waals surface area contributed by atoms with Crippen molar-refractivity contribution < 1.29 is 4.74 Å². The first kappa shape index (κ1) is 13.3. The van der Waals surface area contributed by atoms with Gasteiger partial charge in [0.25, 0.3) is 5.56 Å². The molecule has 0 bridgehead atoms. The average Bonchev–Trinajstić information content (AvgIpc) is 2.91. The summed E-state index contributed by atoms with van der Waals surface area (Å²) in [5.41, 5.74) is 1.66. The summed E-state index contributed by atoms with van der Waals surface area (Å²) in [5, 5.41) is 1.88. The SMILES string of the molecule is COc1ccc(Br)cc1Cn1cnc2ccsc2c1=O. The molecule has 4 nitrogen and oxygen atoms in total. The molecule has 0 spiro atoms. The van der Waals surface area contributed by atoms with E-state index in [2.05, 4.69) is 20.9 Å². The number of rotatable bonds is 3. The number of nitrogens with zero attached hydrogens (tertiary/aromatic N) is 2. The van der Waals surface area contributed by atoms with Gasteiger partial charge in [-0.3, -0.25) is 9.36 Å². The molecule has 2 aromatic heterocycles. The number of hydrogen-bond acceptors (Lipinski definition) is 4. The van der Waals surface area contributed by atoms with Gasteiger partial charge in [-0.1, -0.05) is 15.9 Å². The smallest absolute Gasteiger partial charge is 0.271 e. The molecule has 0 aliphatic carbocycles. The summed E-state index contributed by atoms with van der Waals surface area (Å²) in [5.74, 6) is 0.756. The van der Waals surface area contributed by atoms with Gasteiger partial charge in [-0.05, 0) is 29.6 Å². The van der Waals surface area contributed by atoms with Crippen LogP contribution in [-0.4, -0.2) is 16.7 Å². The highest BCUT2D eigenvalue weighted by molar-refractivity contribution is 9.10. The van der Waals surface area contributed by atoms with Crippen molar-refractivity contribution in [2.24, 2.45) is 0 Å². The Bertz CT molecular complexity index is 825. The minimum atomic E-state index is -0.0213. The van der Waals surface area contributed by atoms with Crippen molar-refractivity contribution in [1.82, 2.24) is 9.55 Å². The summed E-state index contributed by atoms with van der Waals surface area (Å²) in [6, 6.07) is 7.59. The Morgan fingerprint density at radius 1 is 1.40 bits per heavy atom. The molecule has 0 saturated carbocycles. The van der Waals surface area contributed by atoms with Crippen molar-refractivity contribution in [2.45, 2.75) is 6.54 Å². The van der Waals surface area contributed by atoms with Crippen LogP contribution >= 0.6 is 27.3 Å². The molecular formula is C14H11BrN2O2S. The molecule has 0 aliphatic heterocycles. The molecule has 0 atom stereocenters. The first-order valence-corrected chi connectivity index (χ1v) is 7.61. The fourth-order valence-corrected chi connectivity index (χ4v) is 3.25. The van der Waals surface area contributed by atoms with Crippen LogP contribution in [0.3, 0.4) is 0 Å². The van der Waals surface area contributed by atoms with E-state index in [1.165, 1.54) is 11.3 Å². The van der Waals surface area contributed by atoms with Gasteiger partial charge in [0, 0.05) is 10.0 Å². The third kappa shape index (κ3) is 2.36. The summed E-state index contributed by atoms with van der Waals surface area (Å²) < 4.78 is 8.56. The van der Waals surface area contributed by atoms with Crippen LogP contribution in [-0.2, 0) is 6.54 Å². The number of hydrogen-bond donors (Lipinski definition) is 0. The second-order valence-electron chi connectivity index (χ2n) is 4.27. The average molecular weight is 351 g/mol. The second-order valence-corrected chi connectivity index (χ2v) is 6.10. The van der Waals surface area contributed by atoms with Crippen LogP contribution in [0.25, 0.3) is 10.2 Å².